The molecule has 4 aromatic rings. The van der Waals surface area contributed by atoms with E-state index in [2.05, 4.69) is 20.4 Å². The van der Waals surface area contributed by atoms with Gasteiger partial charge in [-0.1, -0.05) is 17.7 Å². The van der Waals surface area contributed by atoms with Crippen LogP contribution in [0.5, 0.6) is 5.88 Å². The van der Waals surface area contributed by atoms with Crippen LogP contribution >= 0.6 is 11.6 Å². The molecule has 2 aliphatic heterocycles. The quantitative estimate of drug-likeness (QED) is 0.285. The number of fused-ring (bicyclic) bond motifs is 1. The van der Waals surface area contributed by atoms with Crippen molar-refractivity contribution < 1.29 is 31.9 Å². The molecule has 2 aliphatic rings. The third-order valence-corrected chi connectivity index (χ3v) is 8.57. The number of nitrogen functional groups attached to an aromatic ring is 1. The van der Waals surface area contributed by atoms with E-state index in [1.54, 1.807) is 6.07 Å². The van der Waals surface area contributed by atoms with Crippen molar-refractivity contribution in [2.75, 3.05) is 39.0 Å². The predicted octanol–water partition coefficient (Wildman–Crippen LogP) is 4.00. The van der Waals surface area contributed by atoms with Crippen LogP contribution in [0, 0.1) is 5.82 Å². The van der Waals surface area contributed by atoms with Crippen LogP contribution in [0.15, 0.2) is 42.9 Å². The zero-order valence-corrected chi connectivity index (χ0v) is 25.3. The number of nitrogens with one attached hydrogen (secondary N) is 1. The van der Waals surface area contributed by atoms with Gasteiger partial charge in [0.1, 0.15) is 29.4 Å². The van der Waals surface area contributed by atoms with Gasteiger partial charge in [-0.15, -0.1) is 0 Å². The number of carbonyl (C=O) groups excluding carboxylic acids is 2. The second-order valence-corrected chi connectivity index (χ2v) is 11.7. The number of nitrogens with zero attached hydrogens (tertiary/aromatic N) is 6. The number of aromatic nitrogens is 4. The lowest BCUT2D eigenvalue weighted by molar-refractivity contribution is -0.0565. The number of carbonyl (C=O) groups is 2. The SMILES string of the molecule is COc1ncc(-c2cc(CN3CCC(F)(F)CC3)c3c(N)ncnn23)cc1C(=O)N[C@@H]1CN(C(=O)c2c(F)cccc2Cl)C[C@@H]1F. The number of methoxy groups -OCH3 is 1. The molecule has 3 N–H and O–H groups in total. The molecule has 0 saturated carbocycles. The number of hydrogen-bond donors (Lipinski definition) is 2. The van der Waals surface area contributed by atoms with E-state index in [0.717, 1.165) is 11.0 Å². The Morgan fingerprint density at radius 3 is 2.65 bits per heavy atom. The normalized spacial score (nSPS) is 19.8. The van der Waals surface area contributed by atoms with Crippen LogP contribution in [0.25, 0.3) is 16.8 Å². The van der Waals surface area contributed by atoms with E-state index in [1.165, 1.54) is 42.3 Å². The van der Waals surface area contributed by atoms with E-state index in [9.17, 15) is 22.8 Å². The van der Waals surface area contributed by atoms with E-state index >= 15 is 4.39 Å². The molecule has 16 heteroatoms. The van der Waals surface area contributed by atoms with Gasteiger partial charge in [0.15, 0.2) is 5.82 Å². The maximum atomic E-state index is 15.1. The average Bonchev–Trinajstić information content (AvgIpc) is 3.58. The lowest BCUT2D eigenvalue weighted by Crippen LogP contribution is -2.42. The first-order valence-corrected chi connectivity index (χ1v) is 14.8. The van der Waals surface area contributed by atoms with E-state index in [-0.39, 0.29) is 66.9 Å². The fraction of sp³-hybridized carbons (Fsp3) is 0.367. The Morgan fingerprint density at radius 1 is 1.17 bits per heavy atom. The molecule has 1 aromatic carbocycles. The number of hydrogen-bond acceptors (Lipinski definition) is 8. The van der Waals surface area contributed by atoms with Crippen LogP contribution in [0.4, 0.5) is 23.4 Å². The van der Waals surface area contributed by atoms with E-state index in [4.69, 9.17) is 22.1 Å². The Bertz CT molecular complexity index is 1790. The van der Waals surface area contributed by atoms with Crippen molar-refractivity contribution in [3.63, 3.8) is 0 Å². The second-order valence-electron chi connectivity index (χ2n) is 11.3. The van der Waals surface area contributed by atoms with Gasteiger partial charge >= 0.3 is 0 Å². The molecule has 2 saturated heterocycles. The molecule has 6 rings (SSSR count). The van der Waals surface area contributed by atoms with Crippen LogP contribution in [0.1, 0.15) is 39.1 Å². The van der Waals surface area contributed by atoms with Crippen molar-refractivity contribution in [3.8, 4) is 17.1 Å². The van der Waals surface area contributed by atoms with Crippen LogP contribution in [0.3, 0.4) is 0 Å². The summed E-state index contributed by atoms with van der Waals surface area (Å²) >= 11 is 6.03. The zero-order valence-electron chi connectivity index (χ0n) is 24.5. The number of nitrogens with two attached hydrogens (primary N) is 1. The molecule has 0 unspecified atom stereocenters. The summed E-state index contributed by atoms with van der Waals surface area (Å²) in [6, 6.07) is 5.97. The third-order valence-electron chi connectivity index (χ3n) is 8.26. The highest BCUT2D eigenvalue weighted by molar-refractivity contribution is 6.33. The van der Waals surface area contributed by atoms with Crippen LogP contribution in [-0.4, -0.2) is 92.6 Å². The molecule has 0 spiro atoms. The molecular formula is C30H29ClF4N8O3. The highest BCUT2D eigenvalue weighted by Crippen LogP contribution is 2.33. The molecule has 0 bridgehead atoms. The summed E-state index contributed by atoms with van der Waals surface area (Å²) in [6.07, 6.45) is 0.592. The smallest absolute Gasteiger partial charge is 0.258 e. The number of anilines is 1. The van der Waals surface area contributed by atoms with Gasteiger partial charge in [0.25, 0.3) is 17.7 Å². The minimum absolute atomic E-state index is 0.0223. The second kappa shape index (κ2) is 12.4. The van der Waals surface area contributed by atoms with Gasteiger partial charge in [-0.2, -0.15) is 5.10 Å². The molecule has 5 heterocycles. The molecule has 2 amide bonds. The van der Waals surface area contributed by atoms with Gasteiger partial charge in [-0.3, -0.25) is 14.5 Å². The van der Waals surface area contributed by atoms with Crippen molar-refractivity contribution in [1.82, 2.24) is 34.7 Å². The summed E-state index contributed by atoms with van der Waals surface area (Å²) in [5, 5.41) is 6.83. The summed E-state index contributed by atoms with van der Waals surface area (Å²) < 4.78 is 63.8. The summed E-state index contributed by atoms with van der Waals surface area (Å²) in [6.45, 7) is 0.125. The van der Waals surface area contributed by atoms with Crippen molar-refractivity contribution in [3.05, 3.63) is 70.4 Å². The maximum absolute atomic E-state index is 15.1. The highest BCUT2D eigenvalue weighted by Gasteiger charge is 2.39. The van der Waals surface area contributed by atoms with E-state index in [0.29, 0.717) is 28.9 Å². The number of halogens is 5. The zero-order chi connectivity index (χ0) is 32.7. The number of likely N-dealkylation sites (tertiary alicyclic amines) is 2. The first-order chi connectivity index (χ1) is 22.0. The Balaban J connectivity index is 1.25. The van der Waals surface area contributed by atoms with Crippen molar-refractivity contribution in [2.24, 2.45) is 0 Å². The monoisotopic (exact) mass is 660 g/mol. The standard InChI is InChI=1S/C30H29ClF4N8O3/c1-46-28-18(27(44)40-22-14-42(13-21(22)33)29(45)24-19(31)3-2-4-20(24)32)9-16(11-37-28)23-10-17(25-26(36)38-15-39-43(23)25)12-41-7-5-30(34,35)6-8-41/h2-4,9-11,15,21-22H,5-8,12-14H2,1H3,(H,40,44)(H2,36,38,39)/t21-,22+/m0/s1. The largest absolute Gasteiger partial charge is 0.480 e. The number of rotatable bonds is 7. The molecule has 2 atom stereocenters. The van der Waals surface area contributed by atoms with E-state index < -0.39 is 35.8 Å². The molecule has 3 aromatic heterocycles. The van der Waals surface area contributed by atoms with Gasteiger partial charge in [-0.05, 0) is 29.8 Å². The van der Waals surface area contributed by atoms with Gasteiger partial charge in [0, 0.05) is 50.8 Å². The topological polar surface area (TPSA) is 131 Å². The van der Waals surface area contributed by atoms with Gasteiger partial charge in [0.2, 0.25) is 5.88 Å². The molecule has 0 aliphatic carbocycles. The molecule has 2 fully saturated rings. The Kier molecular flexibility index (Phi) is 8.46. The van der Waals surface area contributed by atoms with Crippen molar-refractivity contribution in [2.45, 2.75) is 37.5 Å². The highest BCUT2D eigenvalue weighted by atomic mass is 35.5. The molecular weight excluding hydrogens is 632 g/mol. The molecule has 46 heavy (non-hydrogen) atoms. The molecule has 11 nitrogen and oxygen atoms in total. The number of piperidine rings is 1. The Hall–Kier alpha value is -4.50. The number of benzene rings is 1. The Morgan fingerprint density at radius 2 is 1.93 bits per heavy atom. The van der Waals surface area contributed by atoms with Gasteiger partial charge in [-0.25, -0.2) is 32.0 Å². The lowest BCUT2D eigenvalue weighted by atomic mass is 10.1. The molecule has 242 valence electrons. The van der Waals surface area contributed by atoms with Crippen molar-refractivity contribution in [1.29, 1.82) is 0 Å². The summed E-state index contributed by atoms with van der Waals surface area (Å²) in [7, 11) is 1.33. The first kappa shape index (κ1) is 31.5. The maximum Gasteiger partial charge on any atom is 0.258 e. The lowest BCUT2D eigenvalue weighted by Gasteiger charge is -2.31. The van der Waals surface area contributed by atoms with Crippen molar-refractivity contribution >= 4 is 34.7 Å². The minimum atomic E-state index is -2.69. The number of ether oxygens (including phenoxy) is 1. The number of amides is 2. The van der Waals surface area contributed by atoms with Crippen LogP contribution < -0.4 is 15.8 Å². The molecule has 0 radical (unpaired) electrons. The summed E-state index contributed by atoms with van der Waals surface area (Å²) in [5.74, 6) is -4.89. The Labute approximate surface area is 265 Å². The number of pyridine rings is 1. The van der Waals surface area contributed by atoms with Gasteiger partial charge < -0.3 is 20.7 Å². The van der Waals surface area contributed by atoms with E-state index in [1.807, 2.05) is 4.90 Å². The summed E-state index contributed by atoms with van der Waals surface area (Å²) in [5.41, 5.74) is 7.93. The summed E-state index contributed by atoms with van der Waals surface area (Å²) in [4.78, 5) is 37.8. The fourth-order valence-electron chi connectivity index (χ4n) is 5.84. The minimum Gasteiger partial charge on any atom is -0.480 e. The number of alkyl halides is 3. The predicted molar refractivity (Wildman–Crippen MR) is 160 cm³/mol. The third kappa shape index (κ3) is 6.03. The first-order valence-electron chi connectivity index (χ1n) is 14.4. The van der Waals surface area contributed by atoms with Gasteiger partial charge in [0.05, 0.1) is 36.0 Å². The average molecular weight is 661 g/mol. The van der Waals surface area contributed by atoms with Crippen LogP contribution in [0.2, 0.25) is 5.02 Å². The van der Waals surface area contributed by atoms with Crippen LogP contribution in [-0.2, 0) is 6.54 Å². The fourth-order valence-corrected chi connectivity index (χ4v) is 6.08.